The molecule has 0 bridgehead atoms. The van der Waals surface area contributed by atoms with E-state index >= 15 is 0 Å². The molecule has 0 radical (unpaired) electrons. The number of hydrogen-bond acceptors (Lipinski definition) is 3. The third kappa shape index (κ3) is 3.99. The molecule has 1 aromatic rings. The number of aliphatic imine (C=N–C) groups is 1. The number of rotatable bonds is 6. The Bertz CT molecular complexity index is 452. The summed E-state index contributed by atoms with van der Waals surface area (Å²) in [5, 5.41) is 10.8. The zero-order valence-electron chi connectivity index (χ0n) is 12.9. The molecule has 1 aliphatic carbocycles. The zero-order valence-corrected chi connectivity index (χ0v) is 12.9. The molecule has 2 N–H and O–H groups in total. The lowest BCUT2D eigenvalue weighted by Crippen LogP contribution is -2.38. The van der Waals surface area contributed by atoms with E-state index in [-0.39, 0.29) is 0 Å². The average molecular weight is 278 g/mol. The van der Waals surface area contributed by atoms with Crippen LogP contribution in [0.3, 0.4) is 0 Å². The van der Waals surface area contributed by atoms with Gasteiger partial charge in [-0.1, -0.05) is 32.3 Å². The molecule has 1 fully saturated rings. The predicted molar refractivity (Wildman–Crippen MR) is 80.7 cm³/mol. The van der Waals surface area contributed by atoms with Crippen molar-refractivity contribution in [3.05, 3.63) is 17.5 Å². The van der Waals surface area contributed by atoms with E-state index in [0.717, 1.165) is 23.3 Å². The molecule has 1 saturated carbocycles. The highest BCUT2D eigenvalue weighted by atomic mass is 16.5. The van der Waals surface area contributed by atoms with E-state index in [1.807, 2.05) is 6.07 Å². The van der Waals surface area contributed by atoms with E-state index < -0.39 is 0 Å². The van der Waals surface area contributed by atoms with Crippen molar-refractivity contribution in [1.29, 1.82) is 0 Å². The van der Waals surface area contributed by atoms with E-state index in [9.17, 15) is 0 Å². The van der Waals surface area contributed by atoms with Gasteiger partial charge in [0.2, 0.25) is 0 Å². The molecule has 5 heteroatoms. The Hall–Kier alpha value is -1.52. The number of nitrogens with zero attached hydrogens (tertiary/aromatic N) is 2. The summed E-state index contributed by atoms with van der Waals surface area (Å²) in [4.78, 5) is 4.25. The smallest absolute Gasteiger partial charge is 0.191 e. The van der Waals surface area contributed by atoms with Crippen LogP contribution >= 0.6 is 0 Å². The van der Waals surface area contributed by atoms with Gasteiger partial charge in [0.15, 0.2) is 11.7 Å². The fourth-order valence-corrected chi connectivity index (χ4v) is 2.34. The molecular formula is C15H26N4O. The molecule has 1 heterocycles. The van der Waals surface area contributed by atoms with Crippen molar-refractivity contribution < 1.29 is 4.52 Å². The van der Waals surface area contributed by atoms with Gasteiger partial charge < -0.3 is 15.2 Å². The van der Waals surface area contributed by atoms with Gasteiger partial charge in [-0.05, 0) is 24.7 Å². The Morgan fingerprint density at radius 1 is 1.55 bits per heavy atom. The minimum absolute atomic E-state index is 0.395. The van der Waals surface area contributed by atoms with Crippen LogP contribution in [-0.2, 0) is 6.54 Å². The van der Waals surface area contributed by atoms with Gasteiger partial charge in [0.1, 0.15) is 0 Å². The van der Waals surface area contributed by atoms with Crippen molar-refractivity contribution in [2.45, 2.75) is 58.5 Å². The third-order valence-electron chi connectivity index (χ3n) is 3.73. The van der Waals surface area contributed by atoms with Crippen molar-refractivity contribution >= 4 is 5.96 Å². The second-order valence-electron chi connectivity index (χ2n) is 5.83. The quantitative estimate of drug-likeness (QED) is 0.620. The van der Waals surface area contributed by atoms with Crippen molar-refractivity contribution in [1.82, 2.24) is 15.8 Å². The van der Waals surface area contributed by atoms with Gasteiger partial charge in [0.25, 0.3) is 0 Å². The Morgan fingerprint density at radius 2 is 2.35 bits per heavy atom. The first-order chi connectivity index (χ1) is 9.63. The largest absolute Gasteiger partial charge is 0.359 e. The van der Waals surface area contributed by atoms with E-state index in [0.29, 0.717) is 18.5 Å². The van der Waals surface area contributed by atoms with Crippen LogP contribution in [0.15, 0.2) is 15.6 Å². The van der Waals surface area contributed by atoms with Crippen LogP contribution in [0.1, 0.15) is 57.4 Å². The maximum Gasteiger partial charge on any atom is 0.191 e. The minimum atomic E-state index is 0.395. The summed E-state index contributed by atoms with van der Waals surface area (Å²) in [5.41, 5.74) is 0.995. The van der Waals surface area contributed by atoms with Gasteiger partial charge in [0, 0.05) is 19.2 Å². The summed E-state index contributed by atoms with van der Waals surface area (Å²) in [6.07, 6.45) is 3.81. The van der Waals surface area contributed by atoms with E-state index in [1.165, 1.54) is 19.3 Å². The summed E-state index contributed by atoms with van der Waals surface area (Å²) < 4.78 is 5.31. The van der Waals surface area contributed by atoms with Gasteiger partial charge in [0.05, 0.1) is 12.2 Å². The molecule has 5 nitrogen and oxygen atoms in total. The number of nitrogens with one attached hydrogen (secondary N) is 2. The lowest BCUT2D eigenvalue weighted by atomic mass is 10.1. The summed E-state index contributed by atoms with van der Waals surface area (Å²) in [6.45, 7) is 7.07. The molecular weight excluding hydrogens is 252 g/mol. The first-order valence-corrected chi connectivity index (χ1v) is 7.56. The summed E-state index contributed by atoms with van der Waals surface area (Å²) in [7, 11) is 1.80. The highest BCUT2D eigenvalue weighted by Crippen LogP contribution is 2.34. The Balaban J connectivity index is 1.76. The summed E-state index contributed by atoms with van der Waals surface area (Å²) in [6, 6.07) is 2.59. The Kier molecular flexibility index (Phi) is 5.04. The van der Waals surface area contributed by atoms with Crippen LogP contribution < -0.4 is 10.6 Å². The highest BCUT2D eigenvalue weighted by molar-refractivity contribution is 5.80. The lowest BCUT2D eigenvalue weighted by Gasteiger charge is -2.10. The predicted octanol–water partition coefficient (Wildman–Crippen LogP) is 2.65. The lowest BCUT2D eigenvalue weighted by molar-refractivity contribution is 0.372. The Labute approximate surface area is 121 Å². The molecule has 0 amide bonds. The van der Waals surface area contributed by atoms with Crippen LogP contribution in [0, 0.1) is 5.92 Å². The first kappa shape index (κ1) is 14.9. The van der Waals surface area contributed by atoms with E-state index in [2.05, 4.69) is 41.6 Å². The van der Waals surface area contributed by atoms with Gasteiger partial charge in [-0.2, -0.15) is 0 Å². The summed E-state index contributed by atoms with van der Waals surface area (Å²) >= 11 is 0. The maximum absolute atomic E-state index is 5.31. The average Bonchev–Trinajstić information content (AvgIpc) is 2.97. The second kappa shape index (κ2) is 6.77. The molecule has 0 saturated heterocycles. The van der Waals surface area contributed by atoms with E-state index in [4.69, 9.17) is 4.52 Å². The molecule has 0 aliphatic heterocycles. The second-order valence-corrected chi connectivity index (χ2v) is 5.83. The van der Waals surface area contributed by atoms with Gasteiger partial charge in [-0.3, -0.25) is 4.99 Å². The van der Waals surface area contributed by atoms with E-state index in [1.54, 1.807) is 7.05 Å². The molecule has 20 heavy (non-hydrogen) atoms. The van der Waals surface area contributed by atoms with Crippen molar-refractivity contribution in [2.75, 3.05) is 7.05 Å². The maximum atomic E-state index is 5.31. The van der Waals surface area contributed by atoms with Gasteiger partial charge in [-0.15, -0.1) is 0 Å². The molecule has 112 valence electrons. The van der Waals surface area contributed by atoms with Crippen molar-refractivity contribution in [3.63, 3.8) is 0 Å². The molecule has 2 atom stereocenters. The van der Waals surface area contributed by atoms with Crippen molar-refractivity contribution in [2.24, 2.45) is 10.9 Å². The van der Waals surface area contributed by atoms with Crippen LogP contribution in [0.4, 0.5) is 0 Å². The normalized spacial score (nSPS) is 22.1. The molecule has 0 aromatic carbocycles. The molecule has 2 unspecified atom stereocenters. The number of hydrogen-bond donors (Lipinski definition) is 2. The Morgan fingerprint density at radius 3 is 2.95 bits per heavy atom. The topological polar surface area (TPSA) is 62.5 Å². The van der Waals surface area contributed by atoms with Gasteiger partial charge >= 0.3 is 0 Å². The van der Waals surface area contributed by atoms with Crippen LogP contribution in [0.2, 0.25) is 0 Å². The van der Waals surface area contributed by atoms with Gasteiger partial charge in [-0.25, -0.2) is 0 Å². The minimum Gasteiger partial charge on any atom is -0.359 e. The SMILES string of the molecule is CCCC1CC1NC(=NC)NCc1cc(C(C)C)no1. The van der Waals surface area contributed by atoms with Crippen molar-refractivity contribution in [3.8, 4) is 0 Å². The van der Waals surface area contributed by atoms with Crippen LogP contribution in [-0.4, -0.2) is 24.2 Å². The molecule has 0 spiro atoms. The number of aromatic nitrogens is 1. The fraction of sp³-hybridized carbons (Fsp3) is 0.733. The third-order valence-corrected chi connectivity index (χ3v) is 3.73. The zero-order chi connectivity index (χ0) is 14.5. The monoisotopic (exact) mass is 278 g/mol. The standard InChI is InChI=1S/C15H26N4O/c1-5-6-11-7-14(11)18-15(16-4)17-9-12-8-13(10(2)3)19-20-12/h8,10-11,14H,5-7,9H2,1-4H3,(H2,16,17,18). The van der Waals surface area contributed by atoms with Crippen LogP contribution in [0.5, 0.6) is 0 Å². The molecule has 2 rings (SSSR count). The highest BCUT2D eigenvalue weighted by Gasteiger charge is 2.36. The number of guanidine groups is 1. The first-order valence-electron chi connectivity index (χ1n) is 7.56. The van der Waals surface area contributed by atoms with Crippen LogP contribution in [0.25, 0.3) is 0 Å². The molecule has 1 aromatic heterocycles. The summed E-state index contributed by atoms with van der Waals surface area (Å²) in [5.74, 6) is 2.90. The molecule has 1 aliphatic rings. The fourth-order valence-electron chi connectivity index (χ4n) is 2.34.